The maximum atomic E-state index is 13.1. The number of esters is 1. The van der Waals surface area contributed by atoms with E-state index < -0.39 is 17.8 Å². The zero-order chi connectivity index (χ0) is 13.7. The van der Waals surface area contributed by atoms with Crippen molar-refractivity contribution in [2.75, 3.05) is 13.7 Å². The third-order valence-corrected chi connectivity index (χ3v) is 2.73. The molecule has 0 aliphatic carbocycles. The average molecular weight is 274 g/mol. The fourth-order valence-corrected chi connectivity index (χ4v) is 1.69. The molecule has 5 heteroatoms. The number of rotatable bonds is 5. The van der Waals surface area contributed by atoms with Crippen LogP contribution >= 0.6 is 11.6 Å². The van der Waals surface area contributed by atoms with Gasteiger partial charge in [-0.3, -0.25) is 0 Å². The first-order valence-corrected chi connectivity index (χ1v) is 6.09. The standard InChI is InChI=1S/C13H17ClFNO2/c1-8(2)7-16-12(13(17)18-3)9-4-5-11(15)10(14)6-9/h4-6,8,12,16H,7H2,1-3H3. The number of ether oxygens (including phenoxy) is 1. The smallest absolute Gasteiger partial charge is 0.327 e. The molecule has 100 valence electrons. The van der Waals surface area contributed by atoms with E-state index in [1.807, 2.05) is 13.8 Å². The molecule has 0 amide bonds. The molecule has 1 unspecified atom stereocenters. The van der Waals surface area contributed by atoms with E-state index in [2.05, 4.69) is 5.32 Å². The van der Waals surface area contributed by atoms with Crippen molar-refractivity contribution in [3.8, 4) is 0 Å². The summed E-state index contributed by atoms with van der Waals surface area (Å²) in [7, 11) is 1.32. The Morgan fingerprint density at radius 3 is 2.67 bits per heavy atom. The molecule has 0 radical (unpaired) electrons. The van der Waals surface area contributed by atoms with Crippen LogP contribution < -0.4 is 5.32 Å². The van der Waals surface area contributed by atoms with E-state index in [9.17, 15) is 9.18 Å². The maximum absolute atomic E-state index is 13.1. The summed E-state index contributed by atoms with van der Waals surface area (Å²) in [6.07, 6.45) is 0. The summed E-state index contributed by atoms with van der Waals surface area (Å²) in [4.78, 5) is 11.7. The van der Waals surface area contributed by atoms with Gasteiger partial charge in [0.05, 0.1) is 12.1 Å². The van der Waals surface area contributed by atoms with Crippen molar-refractivity contribution < 1.29 is 13.9 Å². The zero-order valence-corrected chi connectivity index (χ0v) is 11.4. The Morgan fingerprint density at radius 1 is 1.50 bits per heavy atom. The number of carbonyl (C=O) groups excluding carboxylic acids is 1. The molecule has 18 heavy (non-hydrogen) atoms. The van der Waals surface area contributed by atoms with E-state index in [4.69, 9.17) is 16.3 Å². The summed E-state index contributed by atoms with van der Waals surface area (Å²) in [6.45, 7) is 4.70. The zero-order valence-electron chi connectivity index (χ0n) is 10.7. The fourth-order valence-electron chi connectivity index (χ4n) is 1.50. The number of benzene rings is 1. The van der Waals surface area contributed by atoms with Gasteiger partial charge in [0.25, 0.3) is 0 Å². The number of hydrogen-bond acceptors (Lipinski definition) is 3. The van der Waals surface area contributed by atoms with Crippen molar-refractivity contribution in [1.29, 1.82) is 0 Å². The minimum Gasteiger partial charge on any atom is -0.468 e. The van der Waals surface area contributed by atoms with Crippen molar-refractivity contribution in [1.82, 2.24) is 5.32 Å². The van der Waals surface area contributed by atoms with Crippen LogP contribution in [-0.2, 0) is 9.53 Å². The molecular formula is C13H17ClFNO2. The molecule has 1 aromatic carbocycles. The fraction of sp³-hybridized carbons (Fsp3) is 0.462. The second-order valence-electron chi connectivity index (χ2n) is 4.43. The van der Waals surface area contributed by atoms with E-state index in [0.717, 1.165) is 0 Å². The minimum atomic E-state index is -0.629. The summed E-state index contributed by atoms with van der Waals surface area (Å²) in [5, 5.41) is 3.07. The molecule has 1 N–H and O–H groups in total. The molecule has 3 nitrogen and oxygen atoms in total. The molecule has 0 heterocycles. The molecular weight excluding hydrogens is 257 g/mol. The Morgan fingerprint density at radius 2 is 2.17 bits per heavy atom. The minimum absolute atomic E-state index is 0.00671. The van der Waals surface area contributed by atoms with Crippen LogP contribution in [0, 0.1) is 11.7 Å². The van der Waals surface area contributed by atoms with Gasteiger partial charge in [0, 0.05) is 0 Å². The third kappa shape index (κ3) is 3.96. The highest BCUT2D eigenvalue weighted by Crippen LogP contribution is 2.22. The molecule has 0 saturated heterocycles. The summed E-state index contributed by atoms with van der Waals surface area (Å²) in [6, 6.07) is 3.57. The van der Waals surface area contributed by atoms with Gasteiger partial charge in [0.1, 0.15) is 11.9 Å². The summed E-state index contributed by atoms with van der Waals surface area (Å²) < 4.78 is 17.8. The van der Waals surface area contributed by atoms with Gasteiger partial charge in [-0.25, -0.2) is 9.18 Å². The molecule has 1 aromatic rings. The van der Waals surface area contributed by atoms with Gasteiger partial charge in [-0.1, -0.05) is 31.5 Å². The second-order valence-corrected chi connectivity index (χ2v) is 4.84. The number of hydrogen-bond donors (Lipinski definition) is 1. The lowest BCUT2D eigenvalue weighted by Gasteiger charge is -2.18. The van der Waals surface area contributed by atoms with Gasteiger partial charge in [-0.15, -0.1) is 0 Å². The summed E-state index contributed by atoms with van der Waals surface area (Å²) in [5.41, 5.74) is 0.592. The van der Waals surface area contributed by atoms with Gasteiger partial charge >= 0.3 is 5.97 Å². The van der Waals surface area contributed by atoms with Crippen molar-refractivity contribution in [3.63, 3.8) is 0 Å². The summed E-state index contributed by atoms with van der Waals surface area (Å²) in [5.74, 6) is -0.542. The molecule has 0 aromatic heterocycles. The predicted molar refractivity (Wildman–Crippen MR) is 69.0 cm³/mol. The molecule has 0 fully saturated rings. The molecule has 1 rings (SSSR count). The third-order valence-electron chi connectivity index (χ3n) is 2.44. The van der Waals surface area contributed by atoms with Crippen LogP contribution in [0.5, 0.6) is 0 Å². The van der Waals surface area contributed by atoms with E-state index in [0.29, 0.717) is 18.0 Å². The van der Waals surface area contributed by atoms with Crippen LogP contribution in [0.1, 0.15) is 25.5 Å². The van der Waals surface area contributed by atoms with Crippen LogP contribution in [-0.4, -0.2) is 19.6 Å². The van der Waals surface area contributed by atoms with E-state index in [-0.39, 0.29) is 5.02 Å². The summed E-state index contributed by atoms with van der Waals surface area (Å²) >= 11 is 5.71. The number of methoxy groups -OCH3 is 1. The molecule has 0 spiro atoms. The SMILES string of the molecule is COC(=O)C(NCC(C)C)c1ccc(F)c(Cl)c1. The van der Waals surface area contributed by atoms with Gasteiger partial charge in [-0.05, 0) is 30.2 Å². The van der Waals surface area contributed by atoms with Crippen LogP contribution in [0.2, 0.25) is 5.02 Å². The first-order valence-electron chi connectivity index (χ1n) is 5.72. The molecule has 0 bridgehead atoms. The van der Waals surface area contributed by atoms with Gasteiger partial charge in [-0.2, -0.15) is 0 Å². The molecule has 0 saturated carbocycles. The van der Waals surface area contributed by atoms with Gasteiger partial charge in [0.15, 0.2) is 0 Å². The van der Waals surface area contributed by atoms with Crippen molar-refractivity contribution in [2.24, 2.45) is 5.92 Å². The van der Waals surface area contributed by atoms with Crippen LogP contribution in [0.25, 0.3) is 0 Å². The van der Waals surface area contributed by atoms with Crippen molar-refractivity contribution in [2.45, 2.75) is 19.9 Å². The Balaban J connectivity index is 2.94. The topological polar surface area (TPSA) is 38.3 Å². The lowest BCUT2D eigenvalue weighted by atomic mass is 10.1. The Labute approximate surface area is 111 Å². The number of halogens is 2. The predicted octanol–water partition coefficient (Wildman–Crippen LogP) is 2.94. The van der Waals surface area contributed by atoms with Crippen molar-refractivity contribution >= 4 is 17.6 Å². The van der Waals surface area contributed by atoms with Gasteiger partial charge < -0.3 is 10.1 Å². The van der Waals surface area contributed by atoms with E-state index in [1.165, 1.54) is 25.3 Å². The van der Waals surface area contributed by atoms with E-state index >= 15 is 0 Å². The average Bonchev–Trinajstić information content (AvgIpc) is 2.33. The van der Waals surface area contributed by atoms with Crippen LogP contribution in [0.4, 0.5) is 4.39 Å². The quantitative estimate of drug-likeness (QED) is 0.839. The highest BCUT2D eigenvalue weighted by atomic mass is 35.5. The van der Waals surface area contributed by atoms with Crippen molar-refractivity contribution in [3.05, 3.63) is 34.6 Å². The number of carbonyl (C=O) groups is 1. The first-order chi connectivity index (χ1) is 8.45. The Kier molecular flexibility index (Phi) is 5.56. The Bertz CT molecular complexity index is 423. The molecule has 1 atom stereocenters. The molecule has 0 aliphatic rings. The van der Waals surface area contributed by atoms with Crippen LogP contribution in [0.3, 0.4) is 0 Å². The maximum Gasteiger partial charge on any atom is 0.327 e. The lowest BCUT2D eigenvalue weighted by Crippen LogP contribution is -2.32. The highest BCUT2D eigenvalue weighted by Gasteiger charge is 2.21. The normalized spacial score (nSPS) is 12.6. The van der Waals surface area contributed by atoms with Gasteiger partial charge in [0.2, 0.25) is 0 Å². The highest BCUT2D eigenvalue weighted by molar-refractivity contribution is 6.30. The van der Waals surface area contributed by atoms with Crippen LogP contribution in [0.15, 0.2) is 18.2 Å². The monoisotopic (exact) mass is 273 g/mol. The first kappa shape index (κ1) is 14.9. The number of nitrogens with one attached hydrogen (secondary N) is 1. The van der Waals surface area contributed by atoms with E-state index in [1.54, 1.807) is 0 Å². The molecule has 0 aliphatic heterocycles. The lowest BCUT2D eigenvalue weighted by molar-refractivity contribution is -0.143. The Hall–Kier alpha value is -1.13. The largest absolute Gasteiger partial charge is 0.468 e. The second kappa shape index (κ2) is 6.71.